The van der Waals surface area contributed by atoms with Crippen molar-refractivity contribution in [2.45, 2.75) is 24.6 Å². The van der Waals surface area contributed by atoms with Gasteiger partial charge in [-0.25, -0.2) is 4.79 Å². The van der Waals surface area contributed by atoms with Gasteiger partial charge in [0.25, 0.3) is 0 Å². The van der Waals surface area contributed by atoms with Gasteiger partial charge in [0, 0.05) is 5.75 Å². The van der Waals surface area contributed by atoms with Crippen LogP contribution >= 0.6 is 46.2 Å². The Bertz CT molecular complexity index is 815. The van der Waals surface area contributed by atoms with Gasteiger partial charge < -0.3 is 10.4 Å². The van der Waals surface area contributed by atoms with Crippen LogP contribution in [0.25, 0.3) is 0 Å². The van der Waals surface area contributed by atoms with Gasteiger partial charge >= 0.3 is 5.97 Å². The lowest BCUT2D eigenvalue weighted by Gasteiger charge is -2.24. The maximum absolute atomic E-state index is 12.5. The normalized spacial score (nSPS) is 12.4. The first-order valence-electron chi connectivity index (χ1n) is 7.72. The predicted molar refractivity (Wildman–Crippen MR) is 111 cm³/mol. The van der Waals surface area contributed by atoms with Crippen molar-refractivity contribution >= 4 is 68.3 Å². The fourth-order valence-electron chi connectivity index (χ4n) is 1.85. The number of carbonyl (C=O) groups excluding carboxylic acids is 3. The molecule has 2 heterocycles. The highest BCUT2D eigenvalue weighted by atomic mass is 32.2. The summed E-state index contributed by atoms with van der Waals surface area (Å²) in [6.07, 6.45) is 0. The van der Waals surface area contributed by atoms with E-state index >= 15 is 0 Å². The highest BCUT2D eigenvalue weighted by molar-refractivity contribution is 8.16. The fraction of sp³-hybridized carbons (Fsp3) is 0.294. The lowest BCUT2D eigenvalue weighted by atomic mass is 10.2. The first-order chi connectivity index (χ1) is 12.7. The molecule has 0 fully saturated rings. The molecule has 144 valence electrons. The fourth-order valence-corrected chi connectivity index (χ4v) is 5.10. The third-order valence-corrected chi connectivity index (χ3v) is 7.40. The van der Waals surface area contributed by atoms with Crippen molar-refractivity contribution in [3.63, 3.8) is 0 Å². The van der Waals surface area contributed by atoms with Gasteiger partial charge in [-0.15, -0.1) is 22.7 Å². The molecule has 0 saturated heterocycles. The minimum Gasteiger partial charge on any atom is -0.480 e. The van der Waals surface area contributed by atoms with Crippen LogP contribution in [0.5, 0.6) is 0 Å². The molecule has 2 N–H and O–H groups in total. The maximum atomic E-state index is 12.5. The average Bonchev–Trinajstić information content (AvgIpc) is 3.30. The number of carbonyl (C=O) groups is 4. The summed E-state index contributed by atoms with van der Waals surface area (Å²) in [6, 6.07) is 5.57. The maximum Gasteiger partial charge on any atom is 0.327 e. The first kappa shape index (κ1) is 21.7. The molecule has 0 aromatic carbocycles. The molecule has 27 heavy (non-hydrogen) atoms. The number of carboxylic acid groups (broad SMARTS) is 1. The van der Waals surface area contributed by atoms with Crippen LogP contribution in [0, 0.1) is 0 Å². The summed E-state index contributed by atoms with van der Waals surface area (Å²) < 4.78 is -1.16. The van der Waals surface area contributed by atoms with E-state index in [1.165, 1.54) is 22.7 Å². The number of thiophene rings is 2. The van der Waals surface area contributed by atoms with Gasteiger partial charge in [-0.2, -0.15) is 0 Å². The van der Waals surface area contributed by atoms with Gasteiger partial charge in [-0.05, 0) is 36.7 Å². The second-order valence-corrected chi connectivity index (χ2v) is 10.3. The Balaban J connectivity index is 1.95. The summed E-state index contributed by atoms with van der Waals surface area (Å²) in [4.78, 5) is 49.3. The van der Waals surface area contributed by atoms with E-state index < -0.39 is 22.7 Å². The van der Waals surface area contributed by atoms with Crippen LogP contribution < -0.4 is 5.32 Å². The van der Waals surface area contributed by atoms with Crippen molar-refractivity contribution in [2.75, 3.05) is 5.75 Å². The Morgan fingerprint density at radius 2 is 1.63 bits per heavy atom. The zero-order valence-electron chi connectivity index (χ0n) is 14.5. The van der Waals surface area contributed by atoms with Gasteiger partial charge in [-0.1, -0.05) is 35.7 Å². The number of rotatable bonds is 8. The number of aliphatic carboxylic acids is 1. The van der Waals surface area contributed by atoms with Crippen molar-refractivity contribution in [1.82, 2.24) is 5.32 Å². The average molecular weight is 444 g/mol. The van der Waals surface area contributed by atoms with E-state index in [2.05, 4.69) is 5.32 Å². The van der Waals surface area contributed by atoms with Crippen molar-refractivity contribution in [3.05, 3.63) is 44.8 Å². The van der Waals surface area contributed by atoms with E-state index in [1.807, 2.05) is 0 Å². The standard InChI is InChI=1S/C17H17NO5S4/c1-17(2,27-15(22)12-6-4-8-25-12)16(23)18-10(13(19)20)9-26-14(21)11-5-3-7-24-11/h3-8,10H,9H2,1-2H3,(H,18,23)(H,19,20)/t10-/m0/s1. The molecule has 0 aliphatic rings. The van der Waals surface area contributed by atoms with Crippen molar-refractivity contribution < 1.29 is 24.3 Å². The number of amides is 1. The van der Waals surface area contributed by atoms with Crippen LogP contribution in [-0.4, -0.2) is 43.8 Å². The Kier molecular flexibility index (Phi) is 7.66. The Morgan fingerprint density at radius 3 is 2.11 bits per heavy atom. The first-order valence-corrected chi connectivity index (χ1v) is 11.3. The Hall–Kier alpha value is -1.62. The molecule has 2 rings (SSSR count). The summed E-state index contributed by atoms with van der Waals surface area (Å²) in [7, 11) is 0. The minimum atomic E-state index is -1.24. The van der Waals surface area contributed by atoms with E-state index in [0.717, 1.165) is 23.5 Å². The molecule has 0 bridgehead atoms. The van der Waals surface area contributed by atoms with Crippen LogP contribution in [0.3, 0.4) is 0 Å². The molecule has 0 aliphatic heterocycles. The van der Waals surface area contributed by atoms with Crippen LogP contribution in [-0.2, 0) is 9.59 Å². The second kappa shape index (κ2) is 9.54. The molecule has 0 radical (unpaired) electrons. The third kappa shape index (κ3) is 6.20. The molecule has 6 nitrogen and oxygen atoms in total. The van der Waals surface area contributed by atoms with Gasteiger partial charge in [-0.3, -0.25) is 14.4 Å². The molecule has 0 saturated carbocycles. The van der Waals surface area contributed by atoms with Crippen molar-refractivity contribution in [2.24, 2.45) is 0 Å². The van der Waals surface area contributed by atoms with E-state index in [9.17, 15) is 24.3 Å². The van der Waals surface area contributed by atoms with Crippen molar-refractivity contribution in [1.29, 1.82) is 0 Å². The van der Waals surface area contributed by atoms with E-state index in [0.29, 0.717) is 9.75 Å². The predicted octanol–water partition coefficient (Wildman–Crippen LogP) is 3.60. The van der Waals surface area contributed by atoms with E-state index in [4.69, 9.17) is 0 Å². The molecular formula is C17H17NO5S4. The highest BCUT2D eigenvalue weighted by Gasteiger charge is 2.35. The van der Waals surface area contributed by atoms with Crippen LogP contribution in [0.2, 0.25) is 0 Å². The van der Waals surface area contributed by atoms with Crippen molar-refractivity contribution in [3.8, 4) is 0 Å². The topological polar surface area (TPSA) is 101 Å². The van der Waals surface area contributed by atoms with E-state index in [-0.39, 0.29) is 16.0 Å². The molecule has 1 amide bonds. The number of nitrogens with one attached hydrogen (secondary N) is 1. The Labute approximate surface area is 172 Å². The van der Waals surface area contributed by atoms with Crippen LogP contribution in [0.15, 0.2) is 35.0 Å². The zero-order valence-corrected chi connectivity index (χ0v) is 17.7. The third-order valence-electron chi connectivity index (χ3n) is 3.32. The number of thioether (sulfide) groups is 2. The monoisotopic (exact) mass is 443 g/mol. The largest absolute Gasteiger partial charge is 0.480 e. The van der Waals surface area contributed by atoms with Crippen LogP contribution in [0.4, 0.5) is 0 Å². The summed E-state index contributed by atoms with van der Waals surface area (Å²) in [5.74, 6) is -1.91. The van der Waals surface area contributed by atoms with Crippen LogP contribution in [0.1, 0.15) is 33.2 Å². The highest BCUT2D eigenvalue weighted by Crippen LogP contribution is 2.30. The molecular weight excluding hydrogens is 426 g/mol. The molecule has 2 aromatic rings. The minimum absolute atomic E-state index is 0.0998. The molecule has 1 atom stereocenters. The molecule has 2 aromatic heterocycles. The number of carboxylic acids is 1. The quantitative estimate of drug-likeness (QED) is 0.643. The van der Waals surface area contributed by atoms with Gasteiger partial charge in [0.15, 0.2) is 0 Å². The van der Waals surface area contributed by atoms with Gasteiger partial charge in [0.1, 0.15) is 6.04 Å². The lowest BCUT2D eigenvalue weighted by molar-refractivity contribution is -0.141. The SMILES string of the molecule is CC(C)(SC(=O)c1cccs1)C(=O)N[C@@H](CSC(=O)c1cccs1)C(=O)O. The molecule has 0 unspecified atom stereocenters. The lowest BCUT2D eigenvalue weighted by Crippen LogP contribution is -2.49. The molecule has 0 spiro atoms. The summed E-state index contributed by atoms with van der Waals surface area (Å²) in [5.41, 5.74) is 0. The summed E-state index contributed by atoms with van der Waals surface area (Å²) in [5, 5.41) is 14.8. The summed E-state index contributed by atoms with van der Waals surface area (Å²) in [6.45, 7) is 3.11. The van der Waals surface area contributed by atoms with Gasteiger partial charge in [0.05, 0.1) is 14.5 Å². The second-order valence-electron chi connectivity index (χ2n) is 5.82. The molecule has 0 aliphatic carbocycles. The smallest absolute Gasteiger partial charge is 0.327 e. The number of hydrogen-bond acceptors (Lipinski definition) is 8. The molecule has 10 heteroatoms. The van der Waals surface area contributed by atoms with Gasteiger partial charge in [0.2, 0.25) is 16.1 Å². The number of hydrogen-bond donors (Lipinski definition) is 2. The Morgan fingerprint density at radius 1 is 1.07 bits per heavy atom. The summed E-state index contributed by atoms with van der Waals surface area (Å²) >= 11 is 4.22. The van der Waals surface area contributed by atoms with E-state index in [1.54, 1.807) is 48.9 Å². The zero-order chi connectivity index (χ0) is 20.0.